The van der Waals surface area contributed by atoms with Crippen molar-refractivity contribution in [1.82, 2.24) is 24.9 Å². The molecule has 0 aliphatic carbocycles. The minimum atomic E-state index is 0.256. The summed E-state index contributed by atoms with van der Waals surface area (Å²) in [6.07, 6.45) is 4.33. The van der Waals surface area contributed by atoms with Crippen molar-refractivity contribution in [3.8, 4) is 5.75 Å². The van der Waals surface area contributed by atoms with Gasteiger partial charge in [0.15, 0.2) is 11.5 Å². The van der Waals surface area contributed by atoms with E-state index in [0.29, 0.717) is 31.3 Å². The number of ether oxygens (including phenoxy) is 1. The highest BCUT2D eigenvalue weighted by atomic mass is 16.5. The van der Waals surface area contributed by atoms with Crippen LogP contribution in [0.25, 0.3) is 11.0 Å². The summed E-state index contributed by atoms with van der Waals surface area (Å²) in [5.41, 5.74) is 3.13. The highest BCUT2D eigenvalue weighted by Crippen LogP contribution is 2.35. The van der Waals surface area contributed by atoms with Crippen LogP contribution in [0.1, 0.15) is 28.8 Å². The predicted molar refractivity (Wildman–Crippen MR) is 94.0 cm³/mol. The summed E-state index contributed by atoms with van der Waals surface area (Å²) in [5, 5.41) is 9.51. The quantitative estimate of drug-likeness (QED) is 0.565. The standard InChI is InChI=1S/C19H17N5O2/c1-12-6-13-9-21-24(19(13)20-8-12)10-18-22-17(23-26-18)7-14-11-25-16-5-3-2-4-15(14)16/h2-6,8-9,14H,7,10-11H2,1H3. The number of pyridine rings is 1. The van der Waals surface area contributed by atoms with E-state index >= 15 is 0 Å². The Labute approximate surface area is 149 Å². The van der Waals surface area contributed by atoms with Gasteiger partial charge in [0.2, 0.25) is 5.89 Å². The molecule has 0 radical (unpaired) electrons. The van der Waals surface area contributed by atoms with Gasteiger partial charge in [0.05, 0.1) is 12.8 Å². The monoisotopic (exact) mass is 347 g/mol. The topological polar surface area (TPSA) is 78.9 Å². The number of para-hydroxylation sites is 1. The average molecular weight is 347 g/mol. The maximum absolute atomic E-state index is 5.72. The maximum Gasteiger partial charge on any atom is 0.248 e. The highest BCUT2D eigenvalue weighted by molar-refractivity contribution is 5.74. The summed E-state index contributed by atoms with van der Waals surface area (Å²) in [6, 6.07) is 10.2. The van der Waals surface area contributed by atoms with Crippen LogP contribution in [-0.4, -0.2) is 31.5 Å². The smallest absolute Gasteiger partial charge is 0.248 e. The Morgan fingerprint density at radius 3 is 3.12 bits per heavy atom. The fourth-order valence-corrected chi connectivity index (χ4v) is 3.38. The van der Waals surface area contributed by atoms with Gasteiger partial charge < -0.3 is 9.26 Å². The second-order valence-electron chi connectivity index (χ2n) is 6.58. The van der Waals surface area contributed by atoms with Crippen LogP contribution < -0.4 is 4.74 Å². The first-order valence-corrected chi connectivity index (χ1v) is 8.57. The fourth-order valence-electron chi connectivity index (χ4n) is 3.38. The van der Waals surface area contributed by atoms with Gasteiger partial charge >= 0.3 is 0 Å². The number of rotatable bonds is 4. The highest BCUT2D eigenvalue weighted by Gasteiger charge is 2.25. The number of nitrogens with zero attached hydrogens (tertiary/aromatic N) is 5. The Balaban J connectivity index is 1.34. The van der Waals surface area contributed by atoms with E-state index < -0.39 is 0 Å². The average Bonchev–Trinajstić information content (AvgIpc) is 3.36. The first-order valence-electron chi connectivity index (χ1n) is 8.57. The van der Waals surface area contributed by atoms with Gasteiger partial charge in [-0.2, -0.15) is 10.1 Å². The normalized spacial score (nSPS) is 16.0. The van der Waals surface area contributed by atoms with Gasteiger partial charge in [0.1, 0.15) is 12.3 Å². The van der Waals surface area contributed by atoms with E-state index in [1.54, 1.807) is 10.9 Å². The molecule has 4 aromatic rings. The van der Waals surface area contributed by atoms with Crippen molar-refractivity contribution in [2.75, 3.05) is 6.61 Å². The molecule has 1 unspecified atom stereocenters. The molecule has 5 rings (SSSR count). The van der Waals surface area contributed by atoms with Crippen LogP contribution in [0.2, 0.25) is 0 Å². The molecule has 0 fully saturated rings. The molecule has 0 amide bonds. The Bertz CT molecular complexity index is 1080. The van der Waals surface area contributed by atoms with Crippen molar-refractivity contribution in [2.24, 2.45) is 0 Å². The van der Waals surface area contributed by atoms with Crippen LogP contribution in [0.5, 0.6) is 5.75 Å². The van der Waals surface area contributed by atoms with Crippen molar-refractivity contribution in [1.29, 1.82) is 0 Å². The van der Waals surface area contributed by atoms with Crippen LogP contribution in [0.15, 0.2) is 47.2 Å². The molecule has 7 heteroatoms. The number of aromatic nitrogens is 5. The van der Waals surface area contributed by atoms with Gasteiger partial charge in [-0.15, -0.1) is 0 Å². The van der Waals surface area contributed by atoms with Gasteiger partial charge in [0, 0.05) is 29.5 Å². The van der Waals surface area contributed by atoms with Crippen LogP contribution in [0.4, 0.5) is 0 Å². The van der Waals surface area contributed by atoms with Gasteiger partial charge in [-0.25, -0.2) is 9.67 Å². The first-order chi connectivity index (χ1) is 12.8. The Morgan fingerprint density at radius 2 is 2.15 bits per heavy atom. The molecule has 7 nitrogen and oxygen atoms in total. The van der Waals surface area contributed by atoms with Crippen LogP contribution >= 0.6 is 0 Å². The van der Waals surface area contributed by atoms with Gasteiger partial charge in [0.25, 0.3) is 0 Å². The summed E-state index contributed by atoms with van der Waals surface area (Å²) in [6.45, 7) is 3.07. The lowest BCUT2D eigenvalue weighted by molar-refractivity contribution is 0.325. The maximum atomic E-state index is 5.72. The zero-order chi connectivity index (χ0) is 17.5. The molecule has 1 aliphatic rings. The summed E-state index contributed by atoms with van der Waals surface area (Å²) >= 11 is 0. The lowest BCUT2D eigenvalue weighted by atomic mass is 9.98. The molecule has 130 valence electrons. The van der Waals surface area contributed by atoms with Crippen molar-refractivity contribution in [3.05, 3.63) is 65.6 Å². The first kappa shape index (κ1) is 15.1. The van der Waals surface area contributed by atoms with Crippen molar-refractivity contribution < 1.29 is 9.26 Å². The van der Waals surface area contributed by atoms with E-state index in [9.17, 15) is 0 Å². The molecule has 0 spiro atoms. The predicted octanol–water partition coefficient (Wildman–Crippen LogP) is 2.89. The van der Waals surface area contributed by atoms with Crippen LogP contribution in [0, 0.1) is 6.92 Å². The number of aryl methyl sites for hydroxylation is 1. The third-order valence-electron chi connectivity index (χ3n) is 4.64. The van der Waals surface area contributed by atoms with E-state index in [0.717, 1.165) is 22.3 Å². The van der Waals surface area contributed by atoms with E-state index in [-0.39, 0.29) is 5.92 Å². The molecule has 1 aliphatic heterocycles. The minimum absolute atomic E-state index is 0.256. The molecule has 4 heterocycles. The zero-order valence-corrected chi connectivity index (χ0v) is 14.3. The number of hydrogen-bond donors (Lipinski definition) is 0. The molecule has 1 aromatic carbocycles. The molecule has 0 N–H and O–H groups in total. The largest absolute Gasteiger partial charge is 0.493 e. The third kappa shape index (κ3) is 2.61. The van der Waals surface area contributed by atoms with E-state index in [4.69, 9.17) is 9.26 Å². The van der Waals surface area contributed by atoms with Crippen molar-refractivity contribution in [3.63, 3.8) is 0 Å². The van der Waals surface area contributed by atoms with Gasteiger partial charge in [-0.3, -0.25) is 0 Å². The number of fused-ring (bicyclic) bond motifs is 2. The van der Waals surface area contributed by atoms with Crippen molar-refractivity contribution >= 4 is 11.0 Å². The van der Waals surface area contributed by atoms with Crippen LogP contribution in [-0.2, 0) is 13.0 Å². The fraction of sp³-hybridized carbons (Fsp3) is 0.263. The molecular formula is C19H17N5O2. The zero-order valence-electron chi connectivity index (χ0n) is 14.3. The second kappa shape index (κ2) is 5.94. The SMILES string of the molecule is Cc1cnc2c(cnn2Cc2nc(CC3COc4ccccc43)no2)c1. The molecule has 0 saturated carbocycles. The van der Waals surface area contributed by atoms with E-state index in [1.165, 1.54) is 5.56 Å². The lowest BCUT2D eigenvalue weighted by Crippen LogP contribution is -2.06. The Hall–Kier alpha value is -3.22. The van der Waals surface area contributed by atoms with Gasteiger partial charge in [-0.05, 0) is 24.6 Å². The lowest BCUT2D eigenvalue weighted by Gasteiger charge is -2.04. The Kier molecular flexibility index (Phi) is 3.44. The molecule has 0 bridgehead atoms. The minimum Gasteiger partial charge on any atom is -0.493 e. The number of benzene rings is 1. The molecule has 26 heavy (non-hydrogen) atoms. The molecule has 0 saturated heterocycles. The van der Waals surface area contributed by atoms with Crippen LogP contribution in [0.3, 0.4) is 0 Å². The second-order valence-corrected chi connectivity index (χ2v) is 6.58. The summed E-state index contributed by atoms with van der Waals surface area (Å²) < 4.78 is 12.9. The molecule has 1 atom stereocenters. The molecular weight excluding hydrogens is 330 g/mol. The third-order valence-corrected chi connectivity index (χ3v) is 4.64. The number of hydrogen-bond acceptors (Lipinski definition) is 6. The Morgan fingerprint density at radius 1 is 1.23 bits per heavy atom. The van der Waals surface area contributed by atoms with E-state index in [2.05, 4.69) is 32.4 Å². The van der Waals surface area contributed by atoms with Gasteiger partial charge in [-0.1, -0.05) is 23.4 Å². The summed E-state index contributed by atoms with van der Waals surface area (Å²) in [5.74, 6) is 2.42. The van der Waals surface area contributed by atoms with E-state index in [1.807, 2.05) is 31.3 Å². The summed E-state index contributed by atoms with van der Waals surface area (Å²) in [4.78, 5) is 8.97. The summed E-state index contributed by atoms with van der Waals surface area (Å²) in [7, 11) is 0. The molecule has 3 aromatic heterocycles. The van der Waals surface area contributed by atoms with Crippen molar-refractivity contribution in [2.45, 2.75) is 25.8 Å².